The van der Waals surface area contributed by atoms with Crippen molar-refractivity contribution in [3.63, 3.8) is 0 Å². The minimum Gasteiger partial charge on any atom is -0.314 e. The largest absolute Gasteiger partial charge is 0.314 e. The van der Waals surface area contributed by atoms with Crippen LogP contribution in [0.2, 0.25) is 0 Å². The fraction of sp³-hybridized carbons (Fsp3) is 0.812. The first kappa shape index (κ1) is 14.6. The van der Waals surface area contributed by atoms with Gasteiger partial charge in [0.25, 0.3) is 0 Å². The van der Waals surface area contributed by atoms with E-state index < -0.39 is 0 Å². The molecular weight excluding hydrogens is 234 g/mol. The third-order valence-electron chi connectivity index (χ3n) is 4.32. The molecule has 0 radical (unpaired) electrons. The van der Waals surface area contributed by atoms with Crippen LogP contribution in [-0.4, -0.2) is 22.4 Å². The lowest BCUT2D eigenvalue weighted by Crippen LogP contribution is -2.37. The van der Waals surface area contributed by atoms with Crippen LogP contribution in [0.15, 0.2) is 12.4 Å². The molecule has 1 aromatic rings. The molecule has 0 spiro atoms. The molecule has 0 saturated heterocycles. The van der Waals surface area contributed by atoms with Crippen LogP contribution in [0.25, 0.3) is 0 Å². The Labute approximate surface area is 117 Å². The number of aryl methyl sites for hydroxylation is 1. The molecule has 1 aromatic heterocycles. The van der Waals surface area contributed by atoms with E-state index in [1.807, 2.05) is 4.68 Å². The zero-order chi connectivity index (χ0) is 13.5. The molecule has 1 fully saturated rings. The van der Waals surface area contributed by atoms with Gasteiger partial charge < -0.3 is 5.32 Å². The molecule has 0 aliphatic heterocycles. The van der Waals surface area contributed by atoms with Crippen LogP contribution in [0, 0.1) is 5.92 Å². The van der Waals surface area contributed by atoms with E-state index in [1.54, 1.807) is 0 Å². The highest BCUT2D eigenvalue weighted by Crippen LogP contribution is 2.26. The molecule has 3 nitrogen and oxygen atoms in total. The second kappa shape index (κ2) is 7.68. The molecule has 19 heavy (non-hydrogen) atoms. The van der Waals surface area contributed by atoms with Crippen molar-refractivity contribution >= 4 is 0 Å². The van der Waals surface area contributed by atoms with Crippen molar-refractivity contribution in [1.29, 1.82) is 0 Å². The Morgan fingerprint density at radius 3 is 2.84 bits per heavy atom. The summed E-state index contributed by atoms with van der Waals surface area (Å²) in [7, 11) is 0. The number of hydrogen-bond acceptors (Lipinski definition) is 2. The van der Waals surface area contributed by atoms with E-state index in [-0.39, 0.29) is 0 Å². The highest BCUT2D eigenvalue weighted by Gasteiger charge is 2.23. The van der Waals surface area contributed by atoms with Gasteiger partial charge in [-0.2, -0.15) is 5.10 Å². The van der Waals surface area contributed by atoms with Crippen molar-refractivity contribution in [3.8, 4) is 0 Å². The Morgan fingerprint density at radius 2 is 2.11 bits per heavy atom. The second-order valence-corrected chi connectivity index (χ2v) is 5.87. The van der Waals surface area contributed by atoms with Gasteiger partial charge >= 0.3 is 0 Å². The monoisotopic (exact) mass is 263 g/mol. The Bertz CT molecular complexity index is 359. The van der Waals surface area contributed by atoms with Crippen LogP contribution in [0.3, 0.4) is 0 Å². The number of rotatable bonds is 6. The van der Waals surface area contributed by atoms with Crippen molar-refractivity contribution in [2.24, 2.45) is 5.92 Å². The Hall–Kier alpha value is -0.830. The first-order valence-corrected chi connectivity index (χ1v) is 8.08. The molecule has 1 N–H and O–H groups in total. The zero-order valence-electron chi connectivity index (χ0n) is 12.6. The molecule has 2 unspecified atom stereocenters. The molecule has 1 aliphatic carbocycles. The van der Waals surface area contributed by atoms with Crippen molar-refractivity contribution < 1.29 is 0 Å². The predicted molar refractivity (Wildman–Crippen MR) is 80.3 cm³/mol. The standard InChI is InChI=1S/C16H29N3/c1-3-10-17-16-9-7-5-6-8-15(16)11-14-12-18-19(4-2)13-14/h12-13,15-17H,3-11H2,1-2H3. The van der Waals surface area contributed by atoms with E-state index in [1.165, 1.54) is 50.5 Å². The van der Waals surface area contributed by atoms with Gasteiger partial charge in [0.05, 0.1) is 6.20 Å². The maximum absolute atomic E-state index is 4.41. The summed E-state index contributed by atoms with van der Waals surface area (Å²) in [5.41, 5.74) is 1.41. The number of hydrogen-bond donors (Lipinski definition) is 1. The highest BCUT2D eigenvalue weighted by atomic mass is 15.3. The summed E-state index contributed by atoms with van der Waals surface area (Å²) in [4.78, 5) is 0. The van der Waals surface area contributed by atoms with Crippen molar-refractivity contribution in [2.75, 3.05) is 6.54 Å². The molecule has 0 aromatic carbocycles. The first-order chi connectivity index (χ1) is 9.33. The fourth-order valence-corrected chi connectivity index (χ4v) is 3.21. The maximum atomic E-state index is 4.41. The van der Waals surface area contributed by atoms with Gasteiger partial charge in [-0.3, -0.25) is 4.68 Å². The van der Waals surface area contributed by atoms with Crippen LogP contribution >= 0.6 is 0 Å². The Kier molecular flexibility index (Phi) is 5.90. The third kappa shape index (κ3) is 4.34. The summed E-state index contributed by atoms with van der Waals surface area (Å²) in [5.74, 6) is 0.795. The van der Waals surface area contributed by atoms with Gasteiger partial charge in [0.15, 0.2) is 0 Å². The Morgan fingerprint density at radius 1 is 1.26 bits per heavy atom. The molecular formula is C16H29N3. The smallest absolute Gasteiger partial charge is 0.0521 e. The summed E-state index contributed by atoms with van der Waals surface area (Å²) in [6.07, 6.45) is 13.6. The second-order valence-electron chi connectivity index (χ2n) is 5.87. The van der Waals surface area contributed by atoms with E-state index in [0.29, 0.717) is 6.04 Å². The molecule has 1 heterocycles. The third-order valence-corrected chi connectivity index (χ3v) is 4.32. The van der Waals surface area contributed by atoms with Crippen LogP contribution < -0.4 is 5.32 Å². The lowest BCUT2D eigenvalue weighted by molar-refractivity contribution is 0.332. The quantitative estimate of drug-likeness (QED) is 0.797. The SMILES string of the molecule is CCCNC1CCCCCC1Cc1cnn(CC)c1. The molecule has 0 amide bonds. The van der Waals surface area contributed by atoms with E-state index >= 15 is 0 Å². The number of aromatic nitrogens is 2. The molecule has 0 bridgehead atoms. The summed E-state index contributed by atoms with van der Waals surface area (Å²) >= 11 is 0. The van der Waals surface area contributed by atoms with Gasteiger partial charge in [0.2, 0.25) is 0 Å². The van der Waals surface area contributed by atoms with Gasteiger partial charge in [0.1, 0.15) is 0 Å². The average molecular weight is 263 g/mol. The minimum absolute atomic E-state index is 0.715. The molecule has 3 heteroatoms. The first-order valence-electron chi connectivity index (χ1n) is 8.08. The normalized spacial score (nSPS) is 24.3. The summed E-state index contributed by atoms with van der Waals surface area (Å²) in [6.45, 7) is 6.54. The summed E-state index contributed by atoms with van der Waals surface area (Å²) < 4.78 is 2.04. The van der Waals surface area contributed by atoms with E-state index in [4.69, 9.17) is 0 Å². The van der Waals surface area contributed by atoms with Gasteiger partial charge in [0, 0.05) is 18.8 Å². The van der Waals surface area contributed by atoms with E-state index in [9.17, 15) is 0 Å². The van der Waals surface area contributed by atoms with Crippen molar-refractivity contribution in [2.45, 2.75) is 71.4 Å². The molecule has 1 aliphatic rings. The average Bonchev–Trinajstić information content (AvgIpc) is 2.77. The van der Waals surface area contributed by atoms with Crippen LogP contribution in [0.1, 0.15) is 57.9 Å². The van der Waals surface area contributed by atoms with Gasteiger partial charge in [-0.25, -0.2) is 0 Å². The minimum atomic E-state index is 0.715. The lowest BCUT2D eigenvalue weighted by atomic mass is 9.89. The van der Waals surface area contributed by atoms with Crippen LogP contribution in [0.5, 0.6) is 0 Å². The number of nitrogens with one attached hydrogen (secondary N) is 1. The predicted octanol–water partition coefficient (Wildman–Crippen LogP) is 3.39. The summed E-state index contributed by atoms with van der Waals surface area (Å²) in [6, 6.07) is 0.715. The van der Waals surface area contributed by atoms with Gasteiger partial charge in [-0.15, -0.1) is 0 Å². The topological polar surface area (TPSA) is 29.9 Å². The summed E-state index contributed by atoms with van der Waals surface area (Å²) in [5, 5.41) is 8.18. The molecule has 2 rings (SSSR count). The van der Waals surface area contributed by atoms with E-state index in [2.05, 4.69) is 36.7 Å². The molecule has 1 saturated carbocycles. The van der Waals surface area contributed by atoms with Gasteiger partial charge in [-0.1, -0.05) is 26.2 Å². The zero-order valence-corrected chi connectivity index (χ0v) is 12.6. The Balaban J connectivity index is 1.96. The number of nitrogens with zero attached hydrogens (tertiary/aromatic N) is 2. The van der Waals surface area contributed by atoms with E-state index in [0.717, 1.165) is 19.0 Å². The van der Waals surface area contributed by atoms with Crippen LogP contribution in [0.4, 0.5) is 0 Å². The maximum Gasteiger partial charge on any atom is 0.0521 e. The van der Waals surface area contributed by atoms with Crippen molar-refractivity contribution in [3.05, 3.63) is 18.0 Å². The van der Waals surface area contributed by atoms with Crippen molar-refractivity contribution in [1.82, 2.24) is 15.1 Å². The van der Waals surface area contributed by atoms with Crippen LogP contribution in [-0.2, 0) is 13.0 Å². The van der Waals surface area contributed by atoms with Gasteiger partial charge in [-0.05, 0) is 50.6 Å². The highest BCUT2D eigenvalue weighted by molar-refractivity contribution is 5.06. The lowest BCUT2D eigenvalue weighted by Gasteiger charge is -2.26. The molecule has 2 atom stereocenters. The molecule has 108 valence electrons. The fourth-order valence-electron chi connectivity index (χ4n) is 3.21.